The van der Waals surface area contributed by atoms with Gasteiger partial charge in [-0.3, -0.25) is 19.8 Å². The van der Waals surface area contributed by atoms with Crippen molar-refractivity contribution in [3.63, 3.8) is 0 Å². The number of amides is 2. The van der Waals surface area contributed by atoms with E-state index in [-0.39, 0.29) is 23.1 Å². The average molecular weight is 421 g/mol. The zero-order chi connectivity index (χ0) is 21.6. The van der Waals surface area contributed by atoms with E-state index in [9.17, 15) is 14.7 Å². The third kappa shape index (κ3) is 6.16. The number of aromatic nitrogens is 1. The van der Waals surface area contributed by atoms with E-state index in [1.807, 2.05) is 0 Å². The number of hydrogen-bond donors (Lipinski definition) is 3. The highest BCUT2D eigenvalue weighted by Gasteiger charge is 2.16. The monoisotopic (exact) mass is 420 g/mol. The molecule has 9 heteroatoms. The van der Waals surface area contributed by atoms with Crippen molar-refractivity contribution in [3.05, 3.63) is 34.8 Å². The molecule has 1 aromatic heterocycles. The number of phenols is 1. The van der Waals surface area contributed by atoms with Gasteiger partial charge in [0.05, 0.1) is 7.11 Å². The summed E-state index contributed by atoms with van der Waals surface area (Å²) in [5.74, 6) is -0.533. The summed E-state index contributed by atoms with van der Waals surface area (Å²) < 4.78 is 5.01. The van der Waals surface area contributed by atoms with E-state index in [1.165, 1.54) is 36.6 Å². The molecule has 3 N–H and O–H groups in total. The Morgan fingerprint density at radius 3 is 2.52 bits per heavy atom. The minimum atomic E-state index is -0.408. The van der Waals surface area contributed by atoms with E-state index in [4.69, 9.17) is 4.74 Å². The third-order valence-corrected chi connectivity index (χ3v) is 5.14. The number of aromatic hydroxyl groups is 1. The molecule has 2 aromatic rings. The van der Waals surface area contributed by atoms with E-state index in [2.05, 4.69) is 48.2 Å². The smallest absolute Gasteiger partial charge is 0.270 e. The summed E-state index contributed by atoms with van der Waals surface area (Å²) in [6.45, 7) is 9.77. The van der Waals surface area contributed by atoms with Crippen LogP contribution in [0.25, 0.3) is 0 Å². The lowest BCUT2D eigenvalue weighted by Gasteiger charge is -2.30. The molecule has 0 aliphatic heterocycles. The number of benzene rings is 1. The van der Waals surface area contributed by atoms with Crippen LogP contribution in [0.3, 0.4) is 0 Å². The first-order chi connectivity index (χ1) is 13.7. The first-order valence-corrected chi connectivity index (χ1v) is 10.3. The van der Waals surface area contributed by atoms with E-state index in [0.717, 1.165) is 6.54 Å². The molecule has 2 rings (SSSR count). The van der Waals surface area contributed by atoms with Gasteiger partial charge in [0.2, 0.25) is 0 Å². The van der Waals surface area contributed by atoms with Gasteiger partial charge >= 0.3 is 0 Å². The molecule has 29 heavy (non-hydrogen) atoms. The van der Waals surface area contributed by atoms with Crippen LogP contribution in [0.5, 0.6) is 11.5 Å². The highest BCUT2D eigenvalue weighted by Crippen LogP contribution is 2.27. The fraction of sp³-hybridized carbons (Fsp3) is 0.450. The SMILES string of the molecule is COc1cc(C(=O)Nc2nc(C(=O)NCCN(C(C)C)C(C)C)cs2)ccc1O. The van der Waals surface area contributed by atoms with Crippen molar-refractivity contribution in [2.24, 2.45) is 0 Å². The number of methoxy groups -OCH3 is 1. The van der Waals surface area contributed by atoms with Crippen molar-refractivity contribution in [2.45, 2.75) is 39.8 Å². The molecule has 0 saturated carbocycles. The van der Waals surface area contributed by atoms with Crippen LogP contribution in [0.1, 0.15) is 48.5 Å². The molecular formula is C20H28N4O4S. The van der Waals surface area contributed by atoms with Gasteiger partial charge in [-0.15, -0.1) is 11.3 Å². The van der Waals surface area contributed by atoms with Gasteiger partial charge in [0, 0.05) is 36.1 Å². The summed E-state index contributed by atoms with van der Waals surface area (Å²) in [4.78, 5) is 31.1. The van der Waals surface area contributed by atoms with Crippen LogP contribution in [0.2, 0.25) is 0 Å². The van der Waals surface area contributed by atoms with Crippen molar-refractivity contribution in [1.82, 2.24) is 15.2 Å². The molecule has 2 amide bonds. The van der Waals surface area contributed by atoms with Crippen molar-refractivity contribution >= 4 is 28.3 Å². The Kier molecular flexibility index (Phi) is 7.98. The molecule has 1 heterocycles. The van der Waals surface area contributed by atoms with Crippen LogP contribution in [0.4, 0.5) is 5.13 Å². The highest BCUT2D eigenvalue weighted by molar-refractivity contribution is 7.14. The number of ether oxygens (including phenoxy) is 1. The molecule has 0 saturated heterocycles. The molecule has 0 bridgehead atoms. The quantitative estimate of drug-likeness (QED) is 0.576. The number of nitrogens with one attached hydrogen (secondary N) is 2. The van der Waals surface area contributed by atoms with Gasteiger partial charge < -0.3 is 15.2 Å². The zero-order valence-electron chi connectivity index (χ0n) is 17.4. The molecule has 0 unspecified atom stereocenters. The fourth-order valence-corrected chi connectivity index (χ4v) is 3.61. The number of anilines is 1. The van der Waals surface area contributed by atoms with E-state index in [0.29, 0.717) is 29.3 Å². The number of carbonyl (C=O) groups excluding carboxylic acids is 2. The molecule has 158 valence electrons. The van der Waals surface area contributed by atoms with Crippen LogP contribution in [-0.4, -0.2) is 59.1 Å². The van der Waals surface area contributed by atoms with Gasteiger partial charge in [0.15, 0.2) is 16.6 Å². The first kappa shape index (κ1) is 22.6. The number of rotatable bonds is 9. The fourth-order valence-electron chi connectivity index (χ4n) is 2.93. The van der Waals surface area contributed by atoms with Crippen LogP contribution in [0.15, 0.2) is 23.6 Å². The molecule has 0 atom stereocenters. The topological polar surface area (TPSA) is 104 Å². The average Bonchev–Trinajstić information content (AvgIpc) is 3.13. The Morgan fingerprint density at radius 2 is 1.90 bits per heavy atom. The maximum atomic E-state index is 12.4. The Morgan fingerprint density at radius 1 is 1.21 bits per heavy atom. The molecule has 1 aromatic carbocycles. The zero-order valence-corrected chi connectivity index (χ0v) is 18.2. The van der Waals surface area contributed by atoms with E-state index < -0.39 is 5.91 Å². The second-order valence-electron chi connectivity index (χ2n) is 7.06. The summed E-state index contributed by atoms with van der Waals surface area (Å²) in [6, 6.07) is 5.08. The second-order valence-corrected chi connectivity index (χ2v) is 7.92. The van der Waals surface area contributed by atoms with Crippen LogP contribution in [0, 0.1) is 0 Å². The number of phenolic OH excluding ortho intramolecular Hbond substituents is 1. The van der Waals surface area contributed by atoms with E-state index in [1.54, 1.807) is 5.38 Å². The first-order valence-electron chi connectivity index (χ1n) is 9.40. The summed E-state index contributed by atoms with van der Waals surface area (Å²) in [5.41, 5.74) is 0.567. The van der Waals surface area contributed by atoms with Crippen LogP contribution in [-0.2, 0) is 0 Å². The van der Waals surface area contributed by atoms with Crippen molar-refractivity contribution in [2.75, 3.05) is 25.5 Å². The van der Waals surface area contributed by atoms with Crippen molar-refractivity contribution in [1.29, 1.82) is 0 Å². The number of nitrogens with zero attached hydrogens (tertiary/aromatic N) is 2. The summed E-state index contributed by atoms with van der Waals surface area (Å²) in [7, 11) is 1.41. The van der Waals surface area contributed by atoms with Crippen molar-refractivity contribution in [3.8, 4) is 11.5 Å². The predicted octanol–water partition coefficient (Wildman–Crippen LogP) is 2.96. The largest absolute Gasteiger partial charge is 0.504 e. The standard InChI is InChI=1S/C20H28N4O4S/c1-12(2)24(13(3)4)9-8-21-19(27)15-11-29-20(22-15)23-18(26)14-6-7-16(25)17(10-14)28-5/h6-7,10-13,25H,8-9H2,1-5H3,(H,21,27)(H,22,23,26). The normalized spacial score (nSPS) is 11.2. The van der Waals surface area contributed by atoms with Crippen molar-refractivity contribution < 1.29 is 19.4 Å². The predicted molar refractivity (Wildman–Crippen MR) is 114 cm³/mol. The molecule has 8 nitrogen and oxygen atoms in total. The van der Waals surface area contributed by atoms with Gasteiger partial charge in [0.25, 0.3) is 11.8 Å². The van der Waals surface area contributed by atoms with Crippen LogP contribution < -0.4 is 15.4 Å². The summed E-state index contributed by atoms with van der Waals surface area (Å²) >= 11 is 1.17. The Bertz CT molecular complexity index is 843. The van der Waals surface area contributed by atoms with Gasteiger partial charge in [-0.2, -0.15) is 0 Å². The van der Waals surface area contributed by atoms with Crippen LogP contribution >= 0.6 is 11.3 Å². The molecule has 0 radical (unpaired) electrons. The van der Waals surface area contributed by atoms with Gasteiger partial charge in [-0.05, 0) is 45.9 Å². The lowest BCUT2D eigenvalue weighted by molar-refractivity contribution is 0.0934. The number of hydrogen-bond acceptors (Lipinski definition) is 7. The summed E-state index contributed by atoms with van der Waals surface area (Å²) in [5, 5.41) is 17.1. The van der Waals surface area contributed by atoms with Gasteiger partial charge in [0.1, 0.15) is 5.69 Å². The maximum absolute atomic E-state index is 12.4. The maximum Gasteiger partial charge on any atom is 0.270 e. The molecule has 0 aliphatic carbocycles. The molecule has 0 spiro atoms. The van der Waals surface area contributed by atoms with Gasteiger partial charge in [-0.1, -0.05) is 0 Å². The molecule has 0 aliphatic rings. The minimum Gasteiger partial charge on any atom is -0.504 e. The third-order valence-electron chi connectivity index (χ3n) is 4.38. The number of carbonyl (C=O) groups is 2. The molecular weight excluding hydrogens is 392 g/mol. The Hall–Kier alpha value is -2.65. The summed E-state index contributed by atoms with van der Waals surface area (Å²) in [6.07, 6.45) is 0. The molecule has 0 fully saturated rings. The Labute approximate surface area is 174 Å². The second kappa shape index (κ2) is 10.2. The minimum absolute atomic E-state index is 0.0502. The highest BCUT2D eigenvalue weighted by atomic mass is 32.1. The Balaban J connectivity index is 1.93. The lowest BCUT2D eigenvalue weighted by Crippen LogP contribution is -2.42. The van der Waals surface area contributed by atoms with E-state index >= 15 is 0 Å². The number of thiazole rings is 1. The van der Waals surface area contributed by atoms with Gasteiger partial charge in [-0.25, -0.2) is 4.98 Å². The lowest BCUT2D eigenvalue weighted by atomic mass is 10.2.